The van der Waals surface area contributed by atoms with Crippen molar-refractivity contribution in [3.8, 4) is 22.4 Å². The molecule has 4 rings (SSSR count). The molecular formula is C23H20N4O4. The highest BCUT2D eigenvalue weighted by Gasteiger charge is 2.33. The smallest absolute Gasteiger partial charge is 0.347 e. The van der Waals surface area contributed by atoms with E-state index < -0.39 is 17.8 Å². The van der Waals surface area contributed by atoms with Crippen molar-refractivity contribution in [2.24, 2.45) is 0 Å². The van der Waals surface area contributed by atoms with E-state index in [1.54, 1.807) is 30.5 Å². The molecule has 0 aliphatic carbocycles. The number of hydroxylamine groups is 2. The lowest BCUT2D eigenvalue weighted by atomic mass is 10.00. The summed E-state index contributed by atoms with van der Waals surface area (Å²) in [6.07, 6.45) is 1.85. The summed E-state index contributed by atoms with van der Waals surface area (Å²) in [6.45, 7) is 0. The second-order valence-corrected chi connectivity index (χ2v) is 7.23. The third-order valence-electron chi connectivity index (χ3n) is 4.83. The van der Waals surface area contributed by atoms with E-state index in [9.17, 15) is 14.4 Å². The van der Waals surface area contributed by atoms with Crippen molar-refractivity contribution < 1.29 is 19.2 Å². The van der Waals surface area contributed by atoms with Crippen LogP contribution in [0.15, 0.2) is 60.8 Å². The molecule has 0 radical (unpaired) electrons. The van der Waals surface area contributed by atoms with Gasteiger partial charge in [-0.25, -0.2) is 14.8 Å². The van der Waals surface area contributed by atoms with Crippen LogP contribution in [0.5, 0.6) is 0 Å². The van der Waals surface area contributed by atoms with Crippen LogP contribution in [0, 0.1) is 0 Å². The molecule has 0 saturated carbocycles. The molecule has 0 bridgehead atoms. The Morgan fingerprint density at radius 3 is 2.19 bits per heavy atom. The summed E-state index contributed by atoms with van der Waals surface area (Å²) in [5.41, 5.74) is 3.56. The summed E-state index contributed by atoms with van der Waals surface area (Å²) >= 11 is 0. The lowest BCUT2D eigenvalue weighted by molar-refractivity contribution is -0.172. The van der Waals surface area contributed by atoms with Crippen molar-refractivity contribution in [2.45, 2.75) is 12.8 Å². The van der Waals surface area contributed by atoms with Crippen LogP contribution in [0.2, 0.25) is 0 Å². The second kappa shape index (κ2) is 8.35. The first-order valence-corrected chi connectivity index (χ1v) is 9.72. The molecule has 1 aliphatic heterocycles. The Bertz CT molecular complexity index is 1130. The van der Waals surface area contributed by atoms with E-state index in [-0.39, 0.29) is 18.4 Å². The monoisotopic (exact) mass is 416 g/mol. The molecule has 1 aliphatic rings. The summed E-state index contributed by atoms with van der Waals surface area (Å²) in [5, 5.41) is 0.539. The van der Waals surface area contributed by atoms with Crippen LogP contribution in [0.3, 0.4) is 0 Å². The molecular weight excluding hydrogens is 396 g/mol. The Morgan fingerprint density at radius 1 is 0.935 bits per heavy atom. The van der Waals surface area contributed by atoms with Crippen LogP contribution in [0.1, 0.15) is 23.2 Å². The fourth-order valence-corrected chi connectivity index (χ4v) is 3.19. The molecule has 1 aromatic heterocycles. The predicted octanol–water partition coefficient (Wildman–Crippen LogP) is 3.10. The summed E-state index contributed by atoms with van der Waals surface area (Å²) in [6, 6.07) is 16.4. The van der Waals surface area contributed by atoms with E-state index in [4.69, 9.17) is 9.82 Å². The Kier molecular flexibility index (Phi) is 5.44. The number of carbonyl (C=O) groups excluding carboxylic acids is 3. The average Bonchev–Trinajstić information content (AvgIpc) is 3.11. The van der Waals surface area contributed by atoms with Crippen LogP contribution in [-0.4, -0.2) is 46.9 Å². The van der Waals surface area contributed by atoms with Crippen molar-refractivity contribution in [1.82, 2.24) is 15.0 Å². The Labute approximate surface area is 179 Å². The minimum absolute atomic E-state index is 0.0518. The van der Waals surface area contributed by atoms with Gasteiger partial charge in [0.05, 0.1) is 11.3 Å². The maximum absolute atomic E-state index is 12.3. The maximum atomic E-state index is 12.3. The molecule has 0 spiro atoms. The molecule has 2 aromatic carbocycles. The number of benzene rings is 2. The Hall–Kier alpha value is -4.07. The number of rotatable bonds is 5. The second-order valence-electron chi connectivity index (χ2n) is 7.23. The van der Waals surface area contributed by atoms with E-state index in [1.165, 1.54) is 0 Å². The fourth-order valence-electron chi connectivity index (χ4n) is 3.19. The molecule has 8 heteroatoms. The van der Waals surface area contributed by atoms with Crippen LogP contribution in [-0.2, 0) is 14.4 Å². The van der Waals surface area contributed by atoms with Crippen molar-refractivity contribution >= 4 is 23.7 Å². The number of amides is 2. The minimum atomic E-state index is -0.766. The SMILES string of the molecule is CN(C)c1ncc(-c2ccc(C(=O)ON3C(=O)CCC3=O)cc2)c(-c2ccccc2)n1. The zero-order chi connectivity index (χ0) is 22.0. The van der Waals surface area contributed by atoms with Crippen LogP contribution in [0.25, 0.3) is 22.4 Å². The van der Waals surface area contributed by atoms with Crippen molar-refractivity contribution in [2.75, 3.05) is 19.0 Å². The number of nitrogens with zero attached hydrogens (tertiary/aromatic N) is 4. The average molecular weight is 416 g/mol. The van der Waals surface area contributed by atoms with Gasteiger partial charge in [0.15, 0.2) is 0 Å². The molecule has 0 atom stereocenters. The number of hydrogen-bond donors (Lipinski definition) is 0. The van der Waals surface area contributed by atoms with E-state index in [0.717, 1.165) is 22.4 Å². The van der Waals surface area contributed by atoms with Gasteiger partial charge < -0.3 is 9.74 Å². The predicted molar refractivity (Wildman–Crippen MR) is 114 cm³/mol. The highest BCUT2D eigenvalue weighted by molar-refractivity contribution is 6.02. The number of anilines is 1. The topological polar surface area (TPSA) is 92.7 Å². The number of aromatic nitrogens is 2. The number of imide groups is 1. The van der Waals surface area contributed by atoms with Gasteiger partial charge >= 0.3 is 5.97 Å². The van der Waals surface area contributed by atoms with Gasteiger partial charge in [-0.15, -0.1) is 5.06 Å². The highest BCUT2D eigenvalue weighted by atomic mass is 16.7. The van der Waals surface area contributed by atoms with E-state index in [1.807, 2.05) is 49.3 Å². The number of carbonyl (C=O) groups is 3. The minimum Gasteiger partial charge on any atom is -0.347 e. The first kappa shape index (κ1) is 20.2. The zero-order valence-electron chi connectivity index (χ0n) is 17.1. The molecule has 156 valence electrons. The van der Waals surface area contributed by atoms with Gasteiger partial charge in [-0.3, -0.25) is 9.59 Å². The van der Waals surface area contributed by atoms with Gasteiger partial charge in [-0.2, -0.15) is 0 Å². The van der Waals surface area contributed by atoms with Crippen molar-refractivity contribution in [3.05, 3.63) is 66.4 Å². The first-order valence-electron chi connectivity index (χ1n) is 9.72. The molecule has 0 unspecified atom stereocenters. The van der Waals surface area contributed by atoms with Gasteiger partial charge in [-0.05, 0) is 17.7 Å². The summed E-state index contributed by atoms with van der Waals surface area (Å²) in [4.78, 5) is 51.6. The molecule has 1 saturated heterocycles. The number of hydrogen-bond acceptors (Lipinski definition) is 7. The summed E-state index contributed by atoms with van der Waals surface area (Å²) < 4.78 is 0. The molecule has 31 heavy (non-hydrogen) atoms. The summed E-state index contributed by atoms with van der Waals surface area (Å²) in [5.74, 6) is -1.21. The molecule has 0 N–H and O–H groups in total. The normalized spacial score (nSPS) is 13.4. The molecule has 1 fully saturated rings. The molecule has 3 aromatic rings. The van der Waals surface area contributed by atoms with E-state index in [2.05, 4.69) is 4.98 Å². The van der Waals surface area contributed by atoms with Gasteiger partial charge in [-0.1, -0.05) is 42.5 Å². The van der Waals surface area contributed by atoms with Gasteiger partial charge in [0.1, 0.15) is 0 Å². The first-order chi connectivity index (χ1) is 14.9. The van der Waals surface area contributed by atoms with Crippen LogP contribution < -0.4 is 4.90 Å². The van der Waals surface area contributed by atoms with Gasteiger partial charge in [0, 0.05) is 44.3 Å². The Balaban J connectivity index is 1.64. The van der Waals surface area contributed by atoms with Crippen LogP contribution >= 0.6 is 0 Å². The van der Waals surface area contributed by atoms with E-state index >= 15 is 0 Å². The zero-order valence-corrected chi connectivity index (χ0v) is 17.1. The Morgan fingerprint density at radius 2 is 1.58 bits per heavy atom. The van der Waals surface area contributed by atoms with Gasteiger partial charge in [0.2, 0.25) is 5.95 Å². The molecule has 8 nitrogen and oxygen atoms in total. The highest BCUT2D eigenvalue weighted by Crippen LogP contribution is 2.31. The fraction of sp³-hybridized carbons (Fsp3) is 0.174. The van der Waals surface area contributed by atoms with Crippen molar-refractivity contribution in [1.29, 1.82) is 0 Å². The standard InChI is InChI=1S/C23H20N4O4/c1-26(2)23-24-14-18(21(25-23)16-6-4-3-5-7-16)15-8-10-17(11-9-15)22(30)31-27-19(28)12-13-20(27)29/h3-11,14H,12-13H2,1-2H3. The third kappa shape index (κ3) is 4.13. The lowest BCUT2D eigenvalue weighted by Gasteiger charge is -2.15. The largest absolute Gasteiger partial charge is 0.363 e. The quantitative estimate of drug-likeness (QED) is 0.590. The maximum Gasteiger partial charge on any atom is 0.363 e. The van der Waals surface area contributed by atoms with Gasteiger partial charge in [0.25, 0.3) is 11.8 Å². The lowest BCUT2D eigenvalue weighted by Crippen LogP contribution is -2.32. The molecule has 2 amide bonds. The van der Waals surface area contributed by atoms with Crippen LogP contribution in [0.4, 0.5) is 5.95 Å². The summed E-state index contributed by atoms with van der Waals surface area (Å²) in [7, 11) is 3.75. The third-order valence-corrected chi connectivity index (χ3v) is 4.83. The van der Waals surface area contributed by atoms with Crippen molar-refractivity contribution in [3.63, 3.8) is 0 Å². The molecule has 2 heterocycles. The van der Waals surface area contributed by atoms with E-state index in [0.29, 0.717) is 11.0 Å².